The van der Waals surface area contributed by atoms with E-state index in [-0.39, 0.29) is 24.0 Å². The summed E-state index contributed by atoms with van der Waals surface area (Å²) in [5.74, 6) is 5.96. The predicted octanol–water partition coefficient (Wildman–Crippen LogP) is 3.06. The van der Waals surface area contributed by atoms with Gasteiger partial charge in [-0.05, 0) is 50.2 Å². The van der Waals surface area contributed by atoms with Crippen molar-refractivity contribution < 1.29 is 13.2 Å². The highest BCUT2D eigenvalue weighted by Gasteiger charge is 2.29. The quantitative estimate of drug-likeness (QED) is 0.302. The molecule has 4 nitrogen and oxygen atoms in total. The van der Waals surface area contributed by atoms with Crippen molar-refractivity contribution in [3.8, 4) is 11.8 Å². The topological polar surface area (TPSA) is 53.6 Å². The second kappa shape index (κ2) is 10.6. The van der Waals surface area contributed by atoms with Crippen LogP contribution >= 0.6 is 24.0 Å². The van der Waals surface area contributed by atoms with Gasteiger partial charge in [-0.15, -0.1) is 24.0 Å². The molecular weight excluding hydrogens is 456 g/mol. The molecule has 1 aliphatic rings. The molecule has 0 bridgehead atoms. The minimum atomic E-state index is -4.33. The first kappa shape index (κ1) is 22.6. The summed E-state index contributed by atoms with van der Waals surface area (Å²) in [6, 6.07) is 5.20. The number of likely N-dealkylation sites (N-methyl/N-ethyl adjacent to an activating group) is 1. The Morgan fingerprint density at radius 2 is 2.04 bits per heavy atom. The first-order valence-corrected chi connectivity index (χ1v) is 8.34. The van der Waals surface area contributed by atoms with Gasteiger partial charge in [0.05, 0.1) is 18.7 Å². The average Bonchev–Trinajstić information content (AvgIpc) is 3.04. The number of benzene rings is 1. The number of rotatable bonds is 4. The fraction of sp³-hybridized carbons (Fsp3) is 0.500. The zero-order valence-electron chi connectivity index (χ0n) is 14.6. The molecule has 26 heavy (non-hydrogen) atoms. The number of hydrogen-bond acceptors (Lipinski definition) is 2. The number of nitrogens with zero attached hydrogens (tertiary/aromatic N) is 2. The lowest BCUT2D eigenvalue weighted by Gasteiger charge is -2.20. The summed E-state index contributed by atoms with van der Waals surface area (Å²) in [7, 11) is 0. The first-order chi connectivity index (χ1) is 11.9. The molecule has 1 aromatic rings. The molecule has 0 spiro atoms. The number of aliphatic imine (C=N–C) groups is 1. The van der Waals surface area contributed by atoms with Crippen LogP contribution in [0.25, 0.3) is 0 Å². The van der Waals surface area contributed by atoms with Crippen molar-refractivity contribution in [3.05, 3.63) is 35.4 Å². The Morgan fingerprint density at radius 3 is 2.65 bits per heavy atom. The molecule has 1 fully saturated rings. The largest absolute Gasteiger partial charge is 0.416 e. The molecule has 2 rings (SSSR count). The highest BCUT2D eigenvalue weighted by Crippen LogP contribution is 2.28. The van der Waals surface area contributed by atoms with Gasteiger partial charge in [-0.3, -0.25) is 9.89 Å². The molecule has 1 heterocycles. The number of nitrogens with two attached hydrogens (primary N) is 1. The van der Waals surface area contributed by atoms with Crippen LogP contribution < -0.4 is 11.1 Å². The summed E-state index contributed by atoms with van der Waals surface area (Å²) in [6.45, 7) is 5.23. The van der Waals surface area contributed by atoms with Crippen molar-refractivity contribution in [2.75, 3.05) is 26.2 Å². The van der Waals surface area contributed by atoms with E-state index in [4.69, 9.17) is 5.73 Å². The smallest absolute Gasteiger partial charge is 0.370 e. The standard InChI is InChI=1S/C18H23F3N4.HI/c1-2-25-12-4-6-16(25)13-24-17(22)23-11-3-5-14-7-9-15(10-8-14)18(19,20)21;/h7-10,16H,2,4,6,11-13H2,1H3,(H3,22,23,24);1H. The van der Waals surface area contributed by atoms with Gasteiger partial charge in [0.15, 0.2) is 5.96 Å². The van der Waals surface area contributed by atoms with Crippen molar-refractivity contribution in [2.24, 2.45) is 10.7 Å². The van der Waals surface area contributed by atoms with Crippen molar-refractivity contribution in [1.29, 1.82) is 0 Å². The van der Waals surface area contributed by atoms with E-state index < -0.39 is 11.7 Å². The average molecular weight is 480 g/mol. The Hall–Kier alpha value is -1.47. The van der Waals surface area contributed by atoms with E-state index in [1.54, 1.807) is 0 Å². The van der Waals surface area contributed by atoms with E-state index in [0.29, 0.717) is 30.7 Å². The lowest BCUT2D eigenvalue weighted by molar-refractivity contribution is -0.137. The Balaban J connectivity index is 0.00000338. The molecule has 1 saturated heterocycles. The third-order valence-corrected chi connectivity index (χ3v) is 4.18. The van der Waals surface area contributed by atoms with Crippen LogP contribution in [-0.4, -0.2) is 43.1 Å². The Labute approximate surface area is 169 Å². The fourth-order valence-corrected chi connectivity index (χ4v) is 2.80. The third kappa shape index (κ3) is 7.03. The summed E-state index contributed by atoms with van der Waals surface area (Å²) in [4.78, 5) is 6.73. The molecule has 0 radical (unpaired) electrons. The molecule has 1 atom stereocenters. The van der Waals surface area contributed by atoms with Crippen LogP contribution in [0.15, 0.2) is 29.3 Å². The summed E-state index contributed by atoms with van der Waals surface area (Å²) in [5.41, 5.74) is 5.66. The number of alkyl halides is 3. The van der Waals surface area contributed by atoms with Crippen molar-refractivity contribution in [2.45, 2.75) is 32.0 Å². The number of halogens is 4. The monoisotopic (exact) mass is 480 g/mol. The van der Waals surface area contributed by atoms with Gasteiger partial charge in [0.1, 0.15) is 0 Å². The zero-order chi connectivity index (χ0) is 18.3. The van der Waals surface area contributed by atoms with Gasteiger partial charge >= 0.3 is 6.18 Å². The van der Waals surface area contributed by atoms with Crippen LogP contribution in [0.4, 0.5) is 13.2 Å². The predicted molar refractivity (Wildman–Crippen MR) is 108 cm³/mol. The molecule has 0 saturated carbocycles. The second-order valence-corrected chi connectivity index (χ2v) is 5.88. The molecule has 0 aliphatic carbocycles. The number of hydrogen-bond donors (Lipinski definition) is 2. The highest BCUT2D eigenvalue weighted by atomic mass is 127. The molecule has 1 unspecified atom stereocenters. The summed E-state index contributed by atoms with van der Waals surface area (Å²) < 4.78 is 37.4. The minimum Gasteiger partial charge on any atom is -0.370 e. The summed E-state index contributed by atoms with van der Waals surface area (Å²) in [6.07, 6.45) is -2.00. The van der Waals surface area contributed by atoms with Crippen LogP contribution in [0, 0.1) is 11.8 Å². The van der Waals surface area contributed by atoms with E-state index >= 15 is 0 Å². The number of likely N-dealkylation sites (tertiary alicyclic amines) is 1. The molecule has 8 heteroatoms. The Bertz CT molecular complexity index is 647. The normalized spacial score (nSPS) is 18.0. The van der Waals surface area contributed by atoms with Crippen LogP contribution in [0.3, 0.4) is 0 Å². The maximum absolute atomic E-state index is 12.5. The van der Waals surface area contributed by atoms with Gasteiger partial charge in [0, 0.05) is 11.6 Å². The van der Waals surface area contributed by atoms with Crippen LogP contribution in [0.5, 0.6) is 0 Å². The van der Waals surface area contributed by atoms with E-state index in [0.717, 1.165) is 31.6 Å². The lowest BCUT2D eigenvalue weighted by atomic mass is 10.1. The van der Waals surface area contributed by atoms with Crippen molar-refractivity contribution >= 4 is 29.9 Å². The van der Waals surface area contributed by atoms with Crippen molar-refractivity contribution in [1.82, 2.24) is 10.2 Å². The highest BCUT2D eigenvalue weighted by molar-refractivity contribution is 14.0. The van der Waals surface area contributed by atoms with Crippen molar-refractivity contribution in [3.63, 3.8) is 0 Å². The zero-order valence-corrected chi connectivity index (χ0v) is 17.0. The van der Waals surface area contributed by atoms with Gasteiger partial charge in [0.2, 0.25) is 0 Å². The minimum absolute atomic E-state index is 0. The van der Waals surface area contributed by atoms with Crippen LogP contribution in [-0.2, 0) is 6.18 Å². The first-order valence-electron chi connectivity index (χ1n) is 8.34. The van der Waals surface area contributed by atoms with E-state index in [2.05, 4.69) is 34.0 Å². The van der Waals surface area contributed by atoms with Crippen LogP contribution in [0.1, 0.15) is 30.9 Å². The maximum Gasteiger partial charge on any atom is 0.416 e. The molecule has 3 N–H and O–H groups in total. The van der Waals surface area contributed by atoms with Gasteiger partial charge in [0.25, 0.3) is 0 Å². The van der Waals surface area contributed by atoms with Gasteiger partial charge in [-0.25, -0.2) is 0 Å². The van der Waals surface area contributed by atoms with E-state index in [1.807, 2.05) is 0 Å². The third-order valence-electron chi connectivity index (χ3n) is 4.18. The summed E-state index contributed by atoms with van der Waals surface area (Å²) in [5, 5.41) is 2.90. The van der Waals surface area contributed by atoms with Gasteiger partial charge in [-0.1, -0.05) is 18.8 Å². The van der Waals surface area contributed by atoms with E-state index in [9.17, 15) is 13.2 Å². The van der Waals surface area contributed by atoms with Crippen LogP contribution in [0.2, 0.25) is 0 Å². The lowest BCUT2D eigenvalue weighted by Crippen LogP contribution is -2.35. The molecule has 1 aromatic carbocycles. The second-order valence-electron chi connectivity index (χ2n) is 5.88. The molecule has 0 aromatic heterocycles. The number of guanidine groups is 1. The SMILES string of the molecule is CCN1CCCC1CN=C(N)NCC#Cc1ccc(C(F)(F)F)cc1.I. The molecule has 1 aliphatic heterocycles. The van der Waals surface area contributed by atoms with Gasteiger partial charge < -0.3 is 11.1 Å². The Kier molecular flexibility index (Phi) is 9.22. The summed E-state index contributed by atoms with van der Waals surface area (Å²) >= 11 is 0. The van der Waals surface area contributed by atoms with Gasteiger partial charge in [-0.2, -0.15) is 13.2 Å². The maximum atomic E-state index is 12.5. The Morgan fingerprint density at radius 1 is 1.35 bits per heavy atom. The fourth-order valence-electron chi connectivity index (χ4n) is 2.80. The number of nitrogens with one attached hydrogen (secondary N) is 1. The molecule has 144 valence electrons. The molecule has 0 amide bonds. The van der Waals surface area contributed by atoms with E-state index in [1.165, 1.54) is 18.6 Å². The molecular formula is C18H24F3IN4.